The number of nitrogens with one attached hydrogen (secondary N) is 1. The molecule has 1 heterocycles. The minimum Gasteiger partial charge on any atom is -0.491 e. The molecular weight excluding hydrogens is 946 g/mol. The molecule has 336 valence electrons. The molecule has 0 aliphatic rings. The zero-order chi connectivity index (χ0) is 44.7. The quantitative estimate of drug-likeness (QED) is 0.0320. The van der Waals surface area contributed by atoms with Gasteiger partial charge in [0.1, 0.15) is 49.2 Å². The van der Waals surface area contributed by atoms with E-state index in [1.54, 1.807) is 72.8 Å². The van der Waals surface area contributed by atoms with Gasteiger partial charge in [0.2, 0.25) is 9.84 Å². The normalized spacial score (nSPS) is 10.9. The Morgan fingerprint density at radius 3 is 1.72 bits per heavy atom. The molecule has 0 saturated carbocycles. The molecule has 0 aliphatic heterocycles. The minimum atomic E-state index is -3.93. The maximum atomic E-state index is 13.6. The number of nitrogens with two attached hydrogens (primary N) is 1. The maximum absolute atomic E-state index is 13.6. The molecule has 7 rings (SSSR count). The van der Waals surface area contributed by atoms with Crippen LogP contribution in [-0.4, -0.2) is 88.6 Å². The van der Waals surface area contributed by atoms with Gasteiger partial charge >= 0.3 is 29.6 Å². The number of aliphatic hydroxyl groups is 2. The Hall–Kier alpha value is -4.60. The number of aliphatic hydroxyl groups excluding tert-OH is 2. The van der Waals surface area contributed by atoms with Crippen LogP contribution in [0.3, 0.4) is 0 Å². The van der Waals surface area contributed by atoms with Crippen LogP contribution >= 0.6 is 35.6 Å². The van der Waals surface area contributed by atoms with Gasteiger partial charge in [-0.25, -0.2) is 16.8 Å². The number of hydrogen-bond donors (Lipinski definition) is 4. The first-order chi connectivity index (χ1) is 29.9. The molecule has 64 heavy (non-hydrogen) atoms. The van der Waals surface area contributed by atoms with E-state index < -0.39 is 19.7 Å². The van der Waals surface area contributed by atoms with Gasteiger partial charge in [-0.15, -0.1) is 40.9 Å². The second-order valence-electron chi connectivity index (χ2n) is 12.9. The molecule has 7 aromatic rings. The summed E-state index contributed by atoms with van der Waals surface area (Å²) < 4.78 is 75.7. The van der Waals surface area contributed by atoms with Gasteiger partial charge in [0.05, 0.1) is 46.2 Å². The first-order valence-electron chi connectivity index (χ1n) is 18.6. The number of rotatable bonds is 17. The van der Waals surface area contributed by atoms with Crippen LogP contribution in [-0.2, 0) is 25.4 Å². The minimum absolute atomic E-state index is 0. The molecule has 22 heteroatoms. The van der Waals surface area contributed by atoms with E-state index in [1.165, 1.54) is 0 Å². The summed E-state index contributed by atoms with van der Waals surface area (Å²) in [5.41, 5.74) is 7.12. The molecule has 0 atom stereocenters. The number of fused-ring (bicyclic) bond motifs is 3. The molecule has 1 aromatic heterocycles. The number of aromatic nitrogens is 2. The van der Waals surface area contributed by atoms with Gasteiger partial charge in [-0.3, -0.25) is 5.10 Å². The molecule has 16 nitrogen and oxygen atoms in total. The molecular formula is C42H42Cl3N4NaO12S2. The largest absolute Gasteiger partial charge is 1.00 e. The number of benzene rings is 6. The molecule has 0 bridgehead atoms. The zero-order valence-corrected chi connectivity index (χ0v) is 40.1. The average Bonchev–Trinajstić information content (AvgIpc) is 3.72. The molecule has 5 N–H and O–H groups in total. The second-order valence-corrected chi connectivity index (χ2v) is 17.4. The second kappa shape index (κ2) is 25.8. The SMILES string of the molecule is Cl.Nc1c(CS(=O)(=O)c2cccc3ccccc23)cc(OCCO)cc1OCCCl.O=N[O-].O=S(=O)(c1cccc2ccccc12)c1[nH]nc2c(OCCCl)cc(OCCO)cc12.[Na+]. The third kappa shape index (κ3) is 13.2. The van der Waals surface area contributed by atoms with Crippen LogP contribution in [0.2, 0.25) is 0 Å². The van der Waals surface area contributed by atoms with Crippen molar-refractivity contribution in [1.82, 2.24) is 10.2 Å². The van der Waals surface area contributed by atoms with Crippen molar-refractivity contribution in [1.29, 1.82) is 0 Å². The van der Waals surface area contributed by atoms with Crippen LogP contribution in [0, 0.1) is 10.1 Å². The van der Waals surface area contributed by atoms with Gasteiger partial charge < -0.3 is 45.0 Å². The summed E-state index contributed by atoms with van der Waals surface area (Å²) in [4.78, 5) is 8.41. The summed E-state index contributed by atoms with van der Waals surface area (Å²) >= 11 is 11.4. The number of sulfone groups is 2. The summed E-state index contributed by atoms with van der Waals surface area (Å²) in [6.45, 7) is 0.204. The summed E-state index contributed by atoms with van der Waals surface area (Å²) in [5.74, 6) is 1.55. The zero-order valence-electron chi connectivity index (χ0n) is 34.2. The number of anilines is 1. The molecule has 0 unspecified atom stereocenters. The van der Waals surface area contributed by atoms with Gasteiger partial charge in [0.15, 0.2) is 20.6 Å². The Morgan fingerprint density at radius 1 is 0.672 bits per heavy atom. The van der Waals surface area contributed by atoms with Crippen LogP contribution in [0.1, 0.15) is 5.56 Å². The van der Waals surface area contributed by atoms with Crippen LogP contribution in [0.15, 0.2) is 129 Å². The van der Waals surface area contributed by atoms with Gasteiger partial charge in [0.25, 0.3) is 0 Å². The van der Waals surface area contributed by atoms with Crippen molar-refractivity contribution >= 4 is 93.4 Å². The van der Waals surface area contributed by atoms with Crippen molar-refractivity contribution in [3.05, 3.63) is 125 Å². The fourth-order valence-corrected chi connectivity index (χ4v) is 9.66. The molecule has 0 amide bonds. The van der Waals surface area contributed by atoms with Crippen molar-refractivity contribution in [2.75, 3.05) is 57.1 Å². The summed E-state index contributed by atoms with van der Waals surface area (Å²) in [6.07, 6.45) is 0. The fraction of sp³-hybridized carbons (Fsp3) is 0.214. The first kappa shape index (κ1) is 53.7. The Labute approximate surface area is 407 Å². The van der Waals surface area contributed by atoms with E-state index in [9.17, 15) is 16.8 Å². The van der Waals surface area contributed by atoms with Crippen LogP contribution < -0.4 is 54.2 Å². The number of H-pyrrole nitrogens is 1. The van der Waals surface area contributed by atoms with Crippen LogP contribution in [0.25, 0.3) is 32.4 Å². The number of nitrogens with zero attached hydrogens (tertiary/aromatic N) is 2. The number of ether oxygens (including phenoxy) is 4. The molecule has 0 saturated heterocycles. The first-order valence-corrected chi connectivity index (χ1v) is 22.8. The van der Waals surface area contributed by atoms with Gasteiger partial charge in [-0.1, -0.05) is 72.8 Å². The van der Waals surface area contributed by atoms with Gasteiger partial charge in [-0.2, -0.15) is 5.10 Å². The predicted molar refractivity (Wildman–Crippen MR) is 245 cm³/mol. The molecule has 0 spiro atoms. The van der Waals surface area contributed by atoms with Crippen molar-refractivity contribution in [2.24, 2.45) is 5.34 Å². The fourth-order valence-electron chi connectivity index (χ4n) is 6.33. The van der Waals surface area contributed by atoms with Crippen molar-refractivity contribution < 1.29 is 75.6 Å². The Morgan fingerprint density at radius 2 is 1.16 bits per heavy atom. The average molecular weight is 988 g/mol. The van der Waals surface area contributed by atoms with E-state index in [2.05, 4.69) is 10.2 Å². The Balaban J connectivity index is 0.000000312. The van der Waals surface area contributed by atoms with E-state index in [1.807, 2.05) is 36.4 Å². The molecule has 0 fully saturated rings. The topological polar surface area (TPSA) is 253 Å². The van der Waals surface area contributed by atoms with E-state index in [4.69, 9.17) is 68.2 Å². The molecule has 0 radical (unpaired) electrons. The number of nitrogen functional groups attached to an aromatic ring is 1. The van der Waals surface area contributed by atoms with Crippen molar-refractivity contribution in [3.63, 3.8) is 0 Å². The van der Waals surface area contributed by atoms with Crippen LogP contribution in [0.5, 0.6) is 23.0 Å². The van der Waals surface area contributed by atoms with E-state index in [-0.39, 0.29) is 120 Å². The Kier molecular flexibility index (Phi) is 21.6. The summed E-state index contributed by atoms with van der Waals surface area (Å²) in [6, 6.07) is 31.2. The van der Waals surface area contributed by atoms with Crippen molar-refractivity contribution in [3.8, 4) is 23.0 Å². The number of aromatic amines is 1. The monoisotopic (exact) mass is 986 g/mol. The third-order valence-corrected chi connectivity index (χ3v) is 12.7. The number of halogens is 3. The van der Waals surface area contributed by atoms with Crippen molar-refractivity contribution in [2.45, 2.75) is 20.6 Å². The van der Waals surface area contributed by atoms with Gasteiger partial charge in [-0.05, 0) is 40.6 Å². The standard InChI is InChI=1S/C21H19ClN2O5S.C21H22ClNO5S.ClH.HNO2.Na/c22-8-10-29-18-13-15(28-11-9-25)12-17-20(18)23-24-21(17)30(26,27)19-7-3-5-14-4-1-2-6-16(14)19;22-8-10-28-19-13-17(27-11-9-24)12-16(21(19)23)14-29(25,26)20-7-3-5-15-4-1-2-6-18(15)20;;2-1-3;/h1-7,12-13,25H,8-11H2,(H,23,24);1-7,12-13,24H,8-11,14,23H2;1H;(H,2,3);/q;;;;+1/p-1. The number of alkyl halides is 2. The smallest absolute Gasteiger partial charge is 0.491 e. The predicted octanol–water partition coefficient (Wildman–Crippen LogP) is 4.60. The molecule has 6 aromatic carbocycles. The van der Waals surface area contributed by atoms with Crippen LogP contribution in [0.4, 0.5) is 5.69 Å². The Bertz CT molecular complexity index is 2850. The maximum Gasteiger partial charge on any atom is 1.00 e. The van der Waals surface area contributed by atoms with Gasteiger partial charge in [0, 0.05) is 28.3 Å². The van der Waals surface area contributed by atoms with E-state index in [0.29, 0.717) is 50.2 Å². The van der Waals surface area contributed by atoms with E-state index >= 15 is 0 Å². The molecule has 0 aliphatic carbocycles. The number of hydrogen-bond acceptors (Lipinski definition) is 15. The third-order valence-electron chi connectivity index (χ3n) is 8.89. The summed E-state index contributed by atoms with van der Waals surface area (Å²) in [7, 11) is -7.63. The summed E-state index contributed by atoms with van der Waals surface area (Å²) in [5, 5.41) is 37.1. The van der Waals surface area contributed by atoms with E-state index in [0.717, 1.165) is 16.1 Å².